The molecule has 0 fully saturated rings. The van der Waals surface area contributed by atoms with Crippen LogP contribution in [0.1, 0.15) is 34.2 Å². The first-order valence-corrected chi connectivity index (χ1v) is 12.6. The molecule has 36 heavy (non-hydrogen) atoms. The largest absolute Gasteiger partial charge is 0.354 e. The van der Waals surface area contributed by atoms with Crippen molar-refractivity contribution in [2.24, 2.45) is 0 Å². The highest BCUT2D eigenvalue weighted by molar-refractivity contribution is 7.17. The number of nitrogens with one attached hydrogen (secondary N) is 2. The van der Waals surface area contributed by atoms with Gasteiger partial charge in [0.05, 0.1) is 5.39 Å². The lowest BCUT2D eigenvalue weighted by molar-refractivity contribution is -0.122. The molecule has 5 rings (SSSR count). The van der Waals surface area contributed by atoms with Crippen molar-refractivity contribution in [1.29, 1.82) is 0 Å². The van der Waals surface area contributed by atoms with Crippen LogP contribution in [0, 0.1) is 12.7 Å². The van der Waals surface area contributed by atoms with E-state index in [-0.39, 0.29) is 17.6 Å². The Morgan fingerprint density at radius 2 is 1.53 bits per heavy atom. The van der Waals surface area contributed by atoms with Crippen LogP contribution in [0.5, 0.6) is 0 Å². The van der Waals surface area contributed by atoms with E-state index < -0.39 is 6.04 Å². The van der Waals surface area contributed by atoms with E-state index in [0.717, 1.165) is 26.9 Å². The molecule has 0 radical (unpaired) electrons. The van der Waals surface area contributed by atoms with Crippen molar-refractivity contribution < 1.29 is 9.18 Å². The van der Waals surface area contributed by atoms with Gasteiger partial charge in [-0.25, -0.2) is 14.4 Å². The first-order valence-electron chi connectivity index (χ1n) is 11.7. The van der Waals surface area contributed by atoms with Crippen molar-refractivity contribution in [3.8, 4) is 0 Å². The molecular weight excluding hydrogens is 471 g/mol. The maximum atomic E-state index is 13.7. The molecule has 180 valence electrons. The second-order valence-electron chi connectivity index (χ2n) is 8.57. The maximum Gasteiger partial charge on any atom is 0.247 e. The molecule has 2 N–H and O–H groups in total. The minimum Gasteiger partial charge on any atom is -0.354 e. The molecule has 0 aliphatic rings. The summed E-state index contributed by atoms with van der Waals surface area (Å²) < 4.78 is 13.7. The van der Waals surface area contributed by atoms with Crippen LogP contribution in [0.15, 0.2) is 96.6 Å². The molecule has 1 atom stereocenters. The van der Waals surface area contributed by atoms with Crippen molar-refractivity contribution in [1.82, 2.24) is 15.3 Å². The van der Waals surface area contributed by atoms with Crippen molar-refractivity contribution >= 4 is 33.3 Å². The summed E-state index contributed by atoms with van der Waals surface area (Å²) in [4.78, 5) is 23.3. The summed E-state index contributed by atoms with van der Waals surface area (Å²) in [6, 6.07) is 25.4. The van der Waals surface area contributed by atoms with Crippen LogP contribution in [-0.4, -0.2) is 22.4 Å². The van der Waals surface area contributed by atoms with E-state index in [2.05, 4.69) is 44.9 Å². The van der Waals surface area contributed by atoms with E-state index in [0.29, 0.717) is 17.9 Å². The summed E-state index contributed by atoms with van der Waals surface area (Å²) in [5.74, 6) is -0.0247. The Labute approximate surface area is 213 Å². The molecule has 1 amide bonds. The third kappa shape index (κ3) is 5.11. The van der Waals surface area contributed by atoms with Gasteiger partial charge in [0.2, 0.25) is 5.91 Å². The Kier molecular flexibility index (Phi) is 7.00. The molecule has 0 saturated carbocycles. The molecule has 0 saturated heterocycles. The molecule has 5 aromatic rings. The van der Waals surface area contributed by atoms with Crippen molar-refractivity contribution in [3.63, 3.8) is 0 Å². The van der Waals surface area contributed by atoms with E-state index in [1.165, 1.54) is 29.8 Å². The number of amides is 1. The van der Waals surface area contributed by atoms with Gasteiger partial charge in [0.25, 0.3) is 0 Å². The lowest BCUT2D eigenvalue weighted by Crippen LogP contribution is -2.36. The highest BCUT2D eigenvalue weighted by atomic mass is 32.1. The standard InChI is InChI=1S/C29H25FN4OS/c1-19-17-36-29-25(19)27(32-18-33-29)34-26(22-12-14-23(30)15-13-22)28(35)31-16-24(20-8-4-2-5-9-20)21-10-6-3-7-11-21/h2-15,17-18,24,26H,16H2,1H3,(H,31,35)(H,32,33,34). The summed E-state index contributed by atoms with van der Waals surface area (Å²) >= 11 is 1.53. The first-order chi connectivity index (χ1) is 17.6. The Balaban J connectivity index is 1.44. The summed E-state index contributed by atoms with van der Waals surface area (Å²) in [5.41, 5.74) is 3.90. The SMILES string of the molecule is Cc1csc2ncnc(NC(C(=O)NCC(c3ccccc3)c3ccccc3)c3ccc(F)cc3)c12. The summed E-state index contributed by atoms with van der Waals surface area (Å²) in [6.45, 7) is 2.40. The molecule has 0 aliphatic carbocycles. The highest BCUT2D eigenvalue weighted by Crippen LogP contribution is 2.31. The van der Waals surface area contributed by atoms with E-state index >= 15 is 0 Å². The zero-order chi connectivity index (χ0) is 24.9. The number of thiophene rings is 1. The van der Waals surface area contributed by atoms with E-state index in [1.54, 1.807) is 12.1 Å². The fraction of sp³-hybridized carbons (Fsp3) is 0.138. The topological polar surface area (TPSA) is 66.9 Å². The number of carbonyl (C=O) groups excluding carboxylic acids is 1. The van der Waals surface area contributed by atoms with Crippen LogP contribution in [0.2, 0.25) is 0 Å². The van der Waals surface area contributed by atoms with Gasteiger partial charge in [-0.15, -0.1) is 11.3 Å². The third-order valence-corrected chi connectivity index (χ3v) is 7.19. The molecule has 3 aromatic carbocycles. The van der Waals surface area contributed by atoms with E-state index in [1.807, 2.05) is 48.7 Å². The number of aromatic nitrogens is 2. The van der Waals surface area contributed by atoms with Crippen LogP contribution in [-0.2, 0) is 4.79 Å². The Morgan fingerprint density at radius 1 is 0.889 bits per heavy atom. The van der Waals surface area contributed by atoms with E-state index in [9.17, 15) is 9.18 Å². The smallest absolute Gasteiger partial charge is 0.247 e. The van der Waals surface area contributed by atoms with Crippen LogP contribution in [0.4, 0.5) is 10.2 Å². The van der Waals surface area contributed by atoms with Gasteiger partial charge in [0.1, 0.15) is 28.8 Å². The maximum absolute atomic E-state index is 13.7. The average Bonchev–Trinajstić information content (AvgIpc) is 3.30. The zero-order valence-corrected chi connectivity index (χ0v) is 20.5. The number of fused-ring (bicyclic) bond motifs is 1. The minimum absolute atomic E-state index is 0.0184. The minimum atomic E-state index is -0.768. The number of aryl methyl sites for hydroxylation is 1. The van der Waals surface area contributed by atoms with Crippen LogP contribution in [0.25, 0.3) is 10.2 Å². The van der Waals surface area contributed by atoms with Gasteiger partial charge in [-0.05, 0) is 46.7 Å². The van der Waals surface area contributed by atoms with Gasteiger partial charge >= 0.3 is 0 Å². The Bertz CT molecular complexity index is 1420. The molecule has 0 bridgehead atoms. The van der Waals surface area contributed by atoms with Crippen LogP contribution < -0.4 is 10.6 Å². The van der Waals surface area contributed by atoms with Gasteiger partial charge < -0.3 is 10.6 Å². The molecule has 2 heterocycles. The Hall–Kier alpha value is -4.10. The number of nitrogens with zero attached hydrogens (tertiary/aromatic N) is 2. The third-order valence-electron chi connectivity index (χ3n) is 6.19. The van der Waals surface area contributed by atoms with Gasteiger partial charge in [0.15, 0.2) is 0 Å². The van der Waals surface area contributed by atoms with Crippen LogP contribution >= 0.6 is 11.3 Å². The second-order valence-corrected chi connectivity index (χ2v) is 9.43. The number of benzene rings is 3. The van der Waals surface area contributed by atoms with Gasteiger partial charge in [-0.1, -0.05) is 72.8 Å². The molecule has 0 spiro atoms. The number of rotatable bonds is 8. The van der Waals surface area contributed by atoms with E-state index in [4.69, 9.17) is 0 Å². The van der Waals surface area contributed by atoms with Gasteiger partial charge in [0, 0.05) is 12.5 Å². The van der Waals surface area contributed by atoms with Gasteiger partial charge in [-0.3, -0.25) is 4.79 Å². The summed E-state index contributed by atoms with van der Waals surface area (Å²) in [7, 11) is 0. The first kappa shape index (κ1) is 23.6. The molecule has 0 aliphatic heterocycles. The highest BCUT2D eigenvalue weighted by Gasteiger charge is 2.24. The number of hydrogen-bond donors (Lipinski definition) is 2. The van der Waals surface area contributed by atoms with Crippen molar-refractivity contribution in [3.05, 3.63) is 125 Å². The molecular formula is C29H25FN4OS. The number of hydrogen-bond acceptors (Lipinski definition) is 5. The predicted molar refractivity (Wildman–Crippen MR) is 143 cm³/mol. The summed E-state index contributed by atoms with van der Waals surface area (Å²) in [5, 5.41) is 9.34. The fourth-order valence-electron chi connectivity index (χ4n) is 4.32. The molecule has 2 aromatic heterocycles. The lowest BCUT2D eigenvalue weighted by atomic mass is 9.91. The monoisotopic (exact) mass is 496 g/mol. The fourth-order valence-corrected chi connectivity index (χ4v) is 5.21. The molecule has 5 nitrogen and oxygen atoms in total. The predicted octanol–water partition coefficient (Wildman–Crippen LogP) is 6.24. The molecule has 1 unspecified atom stereocenters. The second kappa shape index (κ2) is 10.7. The number of carbonyl (C=O) groups is 1. The number of halogens is 1. The van der Waals surface area contributed by atoms with Crippen molar-refractivity contribution in [2.45, 2.75) is 18.9 Å². The molecule has 7 heteroatoms. The zero-order valence-electron chi connectivity index (χ0n) is 19.7. The quantitative estimate of drug-likeness (QED) is 0.267. The summed E-state index contributed by atoms with van der Waals surface area (Å²) in [6.07, 6.45) is 1.49. The van der Waals surface area contributed by atoms with Gasteiger partial charge in [-0.2, -0.15) is 0 Å². The Morgan fingerprint density at radius 3 is 2.17 bits per heavy atom. The average molecular weight is 497 g/mol. The normalized spacial score (nSPS) is 12.0. The van der Waals surface area contributed by atoms with Crippen molar-refractivity contribution in [2.75, 3.05) is 11.9 Å². The number of anilines is 1. The lowest BCUT2D eigenvalue weighted by Gasteiger charge is -2.23. The van der Waals surface area contributed by atoms with Crippen LogP contribution in [0.3, 0.4) is 0 Å².